The molecule has 0 aliphatic heterocycles. The summed E-state index contributed by atoms with van der Waals surface area (Å²) in [6, 6.07) is 5.17. The molecule has 1 aromatic carbocycles. The van der Waals surface area contributed by atoms with Crippen molar-refractivity contribution in [2.24, 2.45) is 0 Å². The Bertz CT molecular complexity index is 444. The number of rotatable bonds is 3. The molecule has 4 nitrogen and oxygen atoms in total. The summed E-state index contributed by atoms with van der Waals surface area (Å²) in [6.07, 6.45) is 0. The molecule has 0 aliphatic carbocycles. The third-order valence-electron chi connectivity index (χ3n) is 1.96. The largest absolute Gasteiger partial charge is 0.326 e. The Morgan fingerprint density at radius 1 is 1.40 bits per heavy atom. The topological polar surface area (TPSA) is 63.2 Å². The Morgan fingerprint density at radius 3 is 2.53 bits per heavy atom. The van der Waals surface area contributed by atoms with Crippen LogP contribution in [0.25, 0.3) is 0 Å². The van der Waals surface area contributed by atoms with Gasteiger partial charge in [0.1, 0.15) is 10.7 Å². The van der Waals surface area contributed by atoms with Crippen LogP contribution in [0.1, 0.15) is 18.1 Å². The molecule has 0 saturated heterocycles. The third kappa shape index (κ3) is 3.71. The quantitative estimate of drug-likeness (QED) is 0.759. The minimum Gasteiger partial charge on any atom is -0.326 e. The molecule has 1 rings (SSSR count). The van der Waals surface area contributed by atoms with E-state index in [9.17, 15) is 13.2 Å². The van der Waals surface area contributed by atoms with Crippen molar-refractivity contribution in [1.29, 1.82) is 0 Å². The second kappa shape index (κ2) is 4.93. The van der Waals surface area contributed by atoms with E-state index in [1.54, 1.807) is 18.2 Å². The molecule has 1 amide bonds. The maximum absolute atomic E-state index is 10.8. The van der Waals surface area contributed by atoms with Crippen molar-refractivity contribution in [1.82, 2.24) is 0 Å². The van der Waals surface area contributed by atoms with Gasteiger partial charge in [0.15, 0.2) is 0 Å². The normalized spacial score (nSPS) is 10.3. The zero-order chi connectivity index (χ0) is 11.4. The van der Waals surface area contributed by atoms with Crippen molar-refractivity contribution in [3.63, 3.8) is 0 Å². The van der Waals surface area contributed by atoms with Crippen LogP contribution in [0.2, 0.25) is 0 Å². The summed E-state index contributed by atoms with van der Waals surface area (Å²) in [7, 11) is -2.41. The monoisotopic (exact) mass is 227 g/mol. The highest BCUT2D eigenvalue weighted by molar-refractivity contribution is 7.71. The van der Waals surface area contributed by atoms with Gasteiger partial charge in [-0.2, -0.15) is 0 Å². The predicted molar refractivity (Wildman–Crippen MR) is 59.5 cm³/mol. The minimum absolute atomic E-state index is 0.0432. The highest BCUT2D eigenvalue weighted by Crippen LogP contribution is 2.15. The Balaban J connectivity index is 2.92. The van der Waals surface area contributed by atoms with Gasteiger partial charge in [0.05, 0.1) is 5.75 Å². The van der Waals surface area contributed by atoms with E-state index in [1.165, 1.54) is 6.92 Å². The van der Waals surface area contributed by atoms with E-state index in [0.29, 0.717) is 5.69 Å². The highest BCUT2D eigenvalue weighted by Gasteiger charge is 2.02. The highest BCUT2D eigenvalue weighted by atomic mass is 32.2. The van der Waals surface area contributed by atoms with Gasteiger partial charge in [-0.15, -0.1) is 0 Å². The molecule has 0 heterocycles. The number of thiol groups is 1. The van der Waals surface area contributed by atoms with Crippen LogP contribution in [0.3, 0.4) is 0 Å². The van der Waals surface area contributed by atoms with Crippen LogP contribution in [-0.2, 0) is 21.3 Å². The average Bonchev–Trinajstić information content (AvgIpc) is 2.08. The lowest BCUT2D eigenvalue weighted by Crippen LogP contribution is -2.06. The standard InChI is InChI=1S/C10H13NO3S/c1-7-5-10(11-8(2)12)4-3-9(7)6-15(13)14/h3-5,15H,6H2,1-2H3,(H,11,12). The van der Waals surface area contributed by atoms with Crippen molar-refractivity contribution in [2.45, 2.75) is 19.6 Å². The van der Waals surface area contributed by atoms with Crippen molar-refractivity contribution >= 4 is 22.3 Å². The molecule has 15 heavy (non-hydrogen) atoms. The Morgan fingerprint density at radius 2 is 2.07 bits per heavy atom. The number of aryl methyl sites for hydroxylation is 1. The van der Waals surface area contributed by atoms with Gasteiger partial charge < -0.3 is 5.32 Å². The predicted octanol–water partition coefficient (Wildman–Crippen LogP) is 1.06. The number of carbonyl (C=O) groups excluding carboxylic acids is 1. The van der Waals surface area contributed by atoms with E-state index in [-0.39, 0.29) is 11.7 Å². The van der Waals surface area contributed by atoms with Gasteiger partial charge in [-0.25, -0.2) is 8.42 Å². The maximum Gasteiger partial charge on any atom is 0.221 e. The second-order valence-corrected chi connectivity index (χ2v) is 4.29. The van der Waals surface area contributed by atoms with Crippen molar-refractivity contribution in [3.8, 4) is 0 Å². The third-order valence-corrected chi connectivity index (χ3v) is 2.56. The fourth-order valence-electron chi connectivity index (χ4n) is 1.29. The van der Waals surface area contributed by atoms with E-state index in [2.05, 4.69) is 5.32 Å². The Labute approximate surface area is 90.3 Å². The van der Waals surface area contributed by atoms with Gasteiger partial charge in [0.2, 0.25) is 5.91 Å². The lowest BCUT2D eigenvalue weighted by molar-refractivity contribution is -0.114. The smallest absolute Gasteiger partial charge is 0.221 e. The van der Waals surface area contributed by atoms with E-state index in [1.807, 2.05) is 6.92 Å². The molecule has 1 aromatic rings. The number of hydrogen-bond donors (Lipinski definition) is 2. The number of nitrogens with one attached hydrogen (secondary N) is 1. The molecule has 0 spiro atoms. The fraction of sp³-hybridized carbons (Fsp3) is 0.300. The molecule has 0 aliphatic rings. The SMILES string of the molecule is CC(=O)Nc1ccc(C[SH](=O)=O)c(C)c1. The summed E-state index contributed by atoms with van der Waals surface area (Å²) in [6.45, 7) is 3.25. The Kier molecular flexibility index (Phi) is 3.85. The number of anilines is 1. The van der Waals surface area contributed by atoms with Gasteiger partial charge in [0, 0.05) is 12.6 Å². The first-order valence-corrected chi connectivity index (χ1v) is 5.84. The zero-order valence-electron chi connectivity index (χ0n) is 8.61. The number of carbonyl (C=O) groups is 1. The molecule has 0 radical (unpaired) electrons. The van der Waals surface area contributed by atoms with Crippen LogP contribution in [0.4, 0.5) is 5.69 Å². The molecule has 5 heteroatoms. The first-order valence-electron chi connectivity index (χ1n) is 4.48. The molecule has 82 valence electrons. The second-order valence-electron chi connectivity index (χ2n) is 3.31. The summed E-state index contributed by atoms with van der Waals surface area (Å²) in [5.74, 6) is -0.0984. The molecule has 0 aromatic heterocycles. The lowest BCUT2D eigenvalue weighted by atomic mass is 10.1. The van der Waals surface area contributed by atoms with E-state index in [0.717, 1.165) is 11.1 Å². The number of benzene rings is 1. The van der Waals surface area contributed by atoms with Gasteiger partial charge in [-0.3, -0.25) is 4.79 Å². The molecule has 0 fully saturated rings. The van der Waals surface area contributed by atoms with Crippen molar-refractivity contribution in [3.05, 3.63) is 29.3 Å². The van der Waals surface area contributed by atoms with E-state index in [4.69, 9.17) is 0 Å². The van der Waals surface area contributed by atoms with Gasteiger partial charge in [-0.05, 0) is 30.2 Å². The summed E-state index contributed by atoms with van der Waals surface area (Å²) in [4.78, 5) is 10.8. The van der Waals surface area contributed by atoms with Crippen molar-refractivity contribution in [2.75, 3.05) is 5.32 Å². The van der Waals surface area contributed by atoms with Crippen LogP contribution >= 0.6 is 0 Å². The van der Waals surface area contributed by atoms with Crippen LogP contribution in [0.15, 0.2) is 18.2 Å². The molecule has 1 N–H and O–H groups in total. The summed E-state index contributed by atoms with van der Waals surface area (Å²) >= 11 is 0. The lowest BCUT2D eigenvalue weighted by Gasteiger charge is -2.06. The first-order chi connectivity index (χ1) is 6.99. The molecule has 0 saturated carbocycles. The average molecular weight is 227 g/mol. The van der Waals surface area contributed by atoms with Crippen LogP contribution in [-0.4, -0.2) is 14.3 Å². The first kappa shape index (κ1) is 11.7. The summed E-state index contributed by atoms with van der Waals surface area (Å²) in [5, 5.41) is 2.64. The van der Waals surface area contributed by atoms with Gasteiger partial charge >= 0.3 is 0 Å². The van der Waals surface area contributed by atoms with Gasteiger partial charge in [-0.1, -0.05) is 6.07 Å². The van der Waals surface area contributed by atoms with Crippen LogP contribution < -0.4 is 5.32 Å². The number of amides is 1. The molecule has 0 unspecified atom stereocenters. The maximum atomic E-state index is 10.8. The van der Waals surface area contributed by atoms with Crippen LogP contribution in [0.5, 0.6) is 0 Å². The molecular formula is C10H13NO3S. The van der Waals surface area contributed by atoms with E-state index >= 15 is 0 Å². The van der Waals surface area contributed by atoms with Crippen LogP contribution in [0, 0.1) is 6.92 Å². The van der Waals surface area contributed by atoms with E-state index < -0.39 is 10.7 Å². The molecule has 0 bridgehead atoms. The summed E-state index contributed by atoms with van der Waals surface area (Å²) in [5.41, 5.74) is 2.31. The minimum atomic E-state index is -2.41. The number of hydrogen-bond acceptors (Lipinski definition) is 3. The summed E-state index contributed by atoms with van der Waals surface area (Å²) < 4.78 is 21.1. The molecular weight excluding hydrogens is 214 g/mol. The van der Waals surface area contributed by atoms with Gasteiger partial charge in [0.25, 0.3) is 0 Å². The molecule has 0 atom stereocenters. The zero-order valence-corrected chi connectivity index (χ0v) is 9.51. The Hall–Kier alpha value is -1.36. The fourth-order valence-corrected chi connectivity index (χ4v) is 1.93. The van der Waals surface area contributed by atoms with Crippen molar-refractivity contribution < 1.29 is 13.2 Å².